The molecule has 1 aromatic carbocycles. The average Bonchev–Trinajstić information content (AvgIpc) is 3.58. The number of fused-ring (bicyclic) bond motifs is 2. The van der Waals surface area contributed by atoms with E-state index in [0.717, 1.165) is 51.7 Å². The highest BCUT2D eigenvalue weighted by atomic mass is 32.2. The van der Waals surface area contributed by atoms with Crippen molar-refractivity contribution in [3.8, 4) is 29.0 Å². The van der Waals surface area contributed by atoms with E-state index >= 15 is 0 Å². The van der Waals surface area contributed by atoms with Gasteiger partial charge in [0.25, 0.3) is 17.4 Å². The van der Waals surface area contributed by atoms with Crippen molar-refractivity contribution in [1.82, 2.24) is 29.1 Å². The van der Waals surface area contributed by atoms with Gasteiger partial charge in [-0.3, -0.25) is 28.8 Å². The van der Waals surface area contributed by atoms with Crippen molar-refractivity contribution >= 4 is 56.1 Å². The molecule has 53 heavy (non-hydrogen) atoms. The minimum Gasteiger partial charge on any atom is -0.355 e. The van der Waals surface area contributed by atoms with Gasteiger partial charge in [-0.25, -0.2) is 18.7 Å². The Balaban J connectivity index is 1.17. The molecule has 10 nitrogen and oxygen atoms in total. The normalized spacial score (nSPS) is 16.1. The molecule has 0 unspecified atom stereocenters. The van der Waals surface area contributed by atoms with Crippen LogP contribution in [0.5, 0.6) is 0 Å². The molecule has 1 aliphatic carbocycles. The Morgan fingerprint density at radius 3 is 2.70 bits per heavy atom. The molecule has 0 spiro atoms. The Morgan fingerprint density at radius 1 is 1.21 bits per heavy atom. The summed E-state index contributed by atoms with van der Waals surface area (Å²) in [5.74, 6) is 4.45. The second-order valence-electron chi connectivity index (χ2n) is 13.4. The molecule has 1 amide bonds. The summed E-state index contributed by atoms with van der Waals surface area (Å²) < 4.78 is 32.0. The standard InChI is InChI=1S/C39H36F2N8O2S2/c1-5-53-46-37(50)31-22-52-35-28(10-13-43-34(31)35)29-17-23(2)8-9-25(29)7-6-14-49-24(3)45-32-21-44-36(30(20-42)33(32)38(49)51)47(4)26-11-15-48(16-12-26)27-18-39(40,41)19-27/h5,8-10,13,17,21-22,26-27H,1,11-12,14-16,18-19H2,2-4H3,(H,46,50). The highest BCUT2D eigenvalue weighted by molar-refractivity contribution is 8.00. The SMILES string of the molecule is C=CSNC(=O)c1csc2c(-c3cc(C)ccc3C#CCn3c(C)nc4cnc(N(C)C5CCN(C6CC(F)(F)C6)CC5)c(C#N)c4c3=O)ccnc12. The smallest absolute Gasteiger partial charge is 0.264 e. The summed E-state index contributed by atoms with van der Waals surface area (Å²) in [5.41, 5.74) is 4.72. The predicted molar refractivity (Wildman–Crippen MR) is 206 cm³/mol. The lowest BCUT2D eigenvalue weighted by molar-refractivity contribution is -0.127. The number of hydrogen-bond acceptors (Lipinski definition) is 10. The van der Waals surface area contributed by atoms with E-state index in [4.69, 9.17) is 0 Å². The number of halogens is 2. The number of anilines is 1. The lowest BCUT2D eigenvalue weighted by Crippen LogP contribution is -2.55. The number of carbonyl (C=O) groups excluding carboxylic acids is 1. The highest BCUT2D eigenvalue weighted by Crippen LogP contribution is 2.42. The van der Waals surface area contributed by atoms with Crippen LogP contribution in [-0.2, 0) is 6.54 Å². The van der Waals surface area contributed by atoms with Crippen LogP contribution in [0.25, 0.3) is 32.2 Å². The van der Waals surface area contributed by atoms with Crippen LogP contribution in [0.1, 0.15) is 58.6 Å². The highest BCUT2D eigenvalue weighted by Gasteiger charge is 2.48. The van der Waals surface area contributed by atoms with E-state index in [1.807, 2.05) is 43.1 Å². The van der Waals surface area contributed by atoms with Crippen molar-refractivity contribution < 1.29 is 13.6 Å². The second kappa shape index (κ2) is 14.7. The maximum Gasteiger partial charge on any atom is 0.264 e. The Morgan fingerprint density at radius 2 is 1.98 bits per heavy atom. The number of nitrogens with zero attached hydrogens (tertiary/aromatic N) is 7. The monoisotopic (exact) mass is 750 g/mol. The molecule has 1 aliphatic heterocycles. The van der Waals surface area contributed by atoms with E-state index in [0.29, 0.717) is 41.3 Å². The zero-order chi connectivity index (χ0) is 37.4. The fraction of sp³-hybridized carbons (Fsp3) is 0.333. The van der Waals surface area contributed by atoms with Gasteiger partial charge in [0.15, 0.2) is 0 Å². The van der Waals surface area contributed by atoms with Gasteiger partial charge in [0, 0.05) is 67.8 Å². The first-order chi connectivity index (χ1) is 25.5. The Bertz CT molecular complexity index is 2430. The number of likely N-dealkylation sites (tertiary alicyclic amines) is 1. The lowest BCUT2D eigenvalue weighted by atomic mass is 9.85. The molecule has 1 saturated heterocycles. The maximum atomic E-state index is 14.1. The number of nitriles is 1. The molecular formula is C39H36F2N8O2S2. The topological polar surface area (TPSA) is 120 Å². The molecule has 1 N–H and O–H groups in total. The van der Waals surface area contributed by atoms with Crippen molar-refractivity contribution in [2.24, 2.45) is 0 Å². The summed E-state index contributed by atoms with van der Waals surface area (Å²) in [7, 11) is 1.86. The first-order valence-corrected chi connectivity index (χ1v) is 18.9. The van der Waals surface area contributed by atoms with E-state index in [1.54, 1.807) is 23.9 Å². The molecule has 270 valence electrons. The third-order valence-corrected chi connectivity index (χ3v) is 11.6. The summed E-state index contributed by atoms with van der Waals surface area (Å²) >= 11 is 2.54. The van der Waals surface area contributed by atoms with Crippen molar-refractivity contribution in [2.75, 3.05) is 25.0 Å². The van der Waals surface area contributed by atoms with Crippen LogP contribution in [0.4, 0.5) is 14.6 Å². The summed E-state index contributed by atoms with van der Waals surface area (Å²) in [6.45, 7) is 8.76. The van der Waals surface area contributed by atoms with E-state index in [2.05, 4.69) is 49.1 Å². The number of rotatable bonds is 8. The number of amides is 1. The Kier molecular flexibility index (Phi) is 10.0. The van der Waals surface area contributed by atoms with Gasteiger partial charge in [0.05, 0.1) is 39.4 Å². The van der Waals surface area contributed by atoms with Crippen LogP contribution in [-0.4, -0.2) is 68.5 Å². The molecule has 0 atom stereocenters. The van der Waals surface area contributed by atoms with Gasteiger partial charge in [-0.2, -0.15) is 5.26 Å². The maximum absolute atomic E-state index is 14.1. The Hall–Kier alpha value is -5.15. The van der Waals surface area contributed by atoms with Crippen molar-refractivity contribution in [1.29, 1.82) is 5.26 Å². The molecule has 0 radical (unpaired) electrons. The quantitative estimate of drug-likeness (QED) is 0.135. The van der Waals surface area contributed by atoms with Gasteiger partial charge in [-0.05, 0) is 61.7 Å². The first-order valence-electron chi connectivity index (χ1n) is 17.2. The molecule has 5 aromatic rings. The molecule has 4 aromatic heterocycles. The van der Waals surface area contributed by atoms with Crippen LogP contribution in [0.3, 0.4) is 0 Å². The molecule has 1 saturated carbocycles. The molecule has 7 rings (SSSR count). The molecule has 14 heteroatoms. The molecule has 5 heterocycles. The average molecular weight is 751 g/mol. The van der Waals surface area contributed by atoms with Crippen molar-refractivity contribution in [3.05, 3.63) is 92.5 Å². The number of thiophene rings is 1. The lowest BCUT2D eigenvalue weighted by Gasteiger charge is -2.46. The molecular weight excluding hydrogens is 715 g/mol. The fourth-order valence-electron chi connectivity index (χ4n) is 7.23. The molecule has 2 fully saturated rings. The largest absolute Gasteiger partial charge is 0.355 e. The summed E-state index contributed by atoms with van der Waals surface area (Å²) in [4.78, 5) is 44.6. The van der Waals surface area contributed by atoms with Crippen LogP contribution in [0, 0.1) is 37.0 Å². The van der Waals surface area contributed by atoms with Crippen LogP contribution < -0.4 is 15.2 Å². The minimum absolute atomic E-state index is 0.0357. The first kappa shape index (κ1) is 36.2. The summed E-state index contributed by atoms with van der Waals surface area (Å²) in [5, 5.41) is 13.9. The van der Waals surface area contributed by atoms with Crippen LogP contribution in [0.2, 0.25) is 0 Å². The van der Waals surface area contributed by atoms with Crippen molar-refractivity contribution in [3.63, 3.8) is 0 Å². The summed E-state index contributed by atoms with van der Waals surface area (Å²) in [6.07, 6.45) is 4.51. The van der Waals surface area contributed by atoms with Gasteiger partial charge in [-0.15, -0.1) is 11.3 Å². The number of nitrogens with one attached hydrogen (secondary N) is 1. The summed E-state index contributed by atoms with van der Waals surface area (Å²) in [6, 6.07) is 10.0. The number of aromatic nitrogens is 4. The zero-order valence-electron chi connectivity index (χ0n) is 29.4. The van der Waals surface area contributed by atoms with E-state index < -0.39 is 5.92 Å². The van der Waals surface area contributed by atoms with Crippen molar-refractivity contribution in [2.45, 2.75) is 64.1 Å². The predicted octanol–water partition coefficient (Wildman–Crippen LogP) is 6.83. The molecule has 0 bridgehead atoms. The van der Waals surface area contributed by atoms with E-state index in [9.17, 15) is 23.6 Å². The number of alkyl halides is 2. The van der Waals surface area contributed by atoms with Crippen LogP contribution >= 0.6 is 23.3 Å². The minimum atomic E-state index is -2.56. The number of benzene rings is 1. The van der Waals surface area contributed by atoms with Gasteiger partial charge >= 0.3 is 0 Å². The number of aryl methyl sites for hydroxylation is 2. The van der Waals surface area contributed by atoms with Gasteiger partial charge in [0.1, 0.15) is 23.3 Å². The second-order valence-corrected chi connectivity index (χ2v) is 15.1. The molecule has 2 aliphatic rings. The zero-order valence-corrected chi connectivity index (χ0v) is 31.1. The fourth-order valence-corrected chi connectivity index (χ4v) is 8.56. The number of carbonyl (C=O) groups is 1. The van der Waals surface area contributed by atoms with Gasteiger partial charge in [0.2, 0.25) is 0 Å². The van der Waals surface area contributed by atoms with E-state index in [-0.39, 0.29) is 53.9 Å². The van der Waals surface area contributed by atoms with Gasteiger partial charge < -0.3 is 4.90 Å². The third-order valence-electron chi connectivity index (χ3n) is 10.1. The van der Waals surface area contributed by atoms with E-state index in [1.165, 1.54) is 22.1 Å². The Labute approximate surface area is 313 Å². The number of hydrogen-bond donors (Lipinski definition) is 1. The van der Waals surface area contributed by atoms with Crippen LogP contribution in [0.15, 0.2) is 58.8 Å². The number of piperidine rings is 1. The number of pyridine rings is 2. The van der Waals surface area contributed by atoms with Gasteiger partial charge in [-0.1, -0.05) is 36.1 Å². The third kappa shape index (κ3) is 7.02.